The number of hydrogen-bond acceptors (Lipinski definition) is 6. The Morgan fingerprint density at radius 3 is 2.50 bits per heavy atom. The molecule has 2 bridgehead atoms. The minimum absolute atomic E-state index is 0.150. The fraction of sp³-hybridized carbons (Fsp3) is 0.611. The molecule has 24 heavy (non-hydrogen) atoms. The van der Waals surface area contributed by atoms with E-state index in [1.54, 1.807) is 0 Å². The first-order valence-electron chi connectivity index (χ1n) is 8.56. The van der Waals surface area contributed by atoms with Gasteiger partial charge in [0, 0.05) is 43.3 Å². The van der Waals surface area contributed by atoms with Crippen LogP contribution >= 0.6 is 0 Å². The summed E-state index contributed by atoms with van der Waals surface area (Å²) in [5.74, 6) is 0.338. The molecule has 4 atom stereocenters. The molecule has 0 aromatic heterocycles. The maximum absolute atomic E-state index is 11.9. The van der Waals surface area contributed by atoms with Crippen molar-refractivity contribution in [2.45, 2.75) is 62.9 Å². The van der Waals surface area contributed by atoms with Gasteiger partial charge in [0.25, 0.3) is 0 Å². The van der Waals surface area contributed by atoms with Crippen molar-refractivity contribution in [3.63, 3.8) is 0 Å². The predicted octanol–water partition coefficient (Wildman–Crippen LogP) is 1.77. The maximum atomic E-state index is 11.9. The van der Waals surface area contributed by atoms with Crippen molar-refractivity contribution >= 4 is 11.5 Å². The van der Waals surface area contributed by atoms with E-state index in [2.05, 4.69) is 5.32 Å². The van der Waals surface area contributed by atoms with Gasteiger partial charge in [0.05, 0.1) is 0 Å². The Balaban J connectivity index is 0.000000815. The first-order chi connectivity index (χ1) is 11.6. The third-order valence-corrected chi connectivity index (χ3v) is 5.29. The number of aliphatic hydroxyl groups is 2. The number of benzene rings is 1. The predicted molar refractivity (Wildman–Crippen MR) is 90.2 cm³/mol. The van der Waals surface area contributed by atoms with Gasteiger partial charge in [-0.2, -0.15) is 5.06 Å². The molecule has 0 aliphatic carbocycles. The van der Waals surface area contributed by atoms with Crippen molar-refractivity contribution in [3.8, 4) is 0 Å². The second kappa shape index (κ2) is 6.80. The van der Waals surface area contributed by atoms with E-state index < -0.39 is 11.8 Å². The number of ketones is 1. The molecule has 0 amide bonds. The molecule has 0 radical (unpaired) electrons. The molecule has 6 nitrogen and oxygen atoms in total. The number of nitrogens with one attached hydrogen (secondary N) is 1. The zero-order valence-electron chi connectivity index (χ0n) is 14.2. The first-order valence-corrected chi connectivity index (χ1v) is 8.56. The van der Waals surface area contributed by atoms with Gasteiger partial charge in [-0.15, -0.1) is 0 Å². The second-order valence-corrected chi connectivity index (χ2v) is 6.84. The number of aliphatic hydroxyl groups excluding tert-OH is 2. The fourth-order valence-corrected chi connectivity index (χ4v) is 4.08. The number of hydrogen-bond donors (Lipinski definition) is 3. The van der Waals surface area contributed by atoms with Crippen LogP contribution in [0, 0.1) is 0 Å². The average Bonchev–Trinajstić information content (AvgIpc) is 2.82. The summed E-state index contributed by atoms with van der Waals surface area (Å²) < 4.78 is 0. The lowest BCUT2D eigenvalue weighted by Gasteiger charge is -2.47. The van der Waals surface area contributed by atoms with Crippen LogP contribution in [0.4, 0.5) is 5.69 Å². The number of anilines is 1. The normalized spacial score (nSPS) is 34.8. The van der Waals surface area contributed by atoms with Gasteiger partial charge in [-0.05, 0) is 25.8 Å². The summed E-state index contributed by atoms with van der Waals surface area (Å²) in [5.41, 5.74) is 1.07. The molecular formula is C18H26N2O4. The zero-order valence-corrected chi connectivity index (χ0v) is 14.2. The Hall–Kier alpha value is -1.47. The Morgan fingerprint density at radius 2 is 1.83 bits per heavy atom. The molecule has 0 spiro atoms. The van der Waals surface area contributed by atoms with Gasteiger partial charge < -0.3 is 15.5 Å². The third-order valence-electron chi connectivity index (χ3n) is 5.29. The third kappa shape index (κ3) is 2.84. The number of rotatable bonds is 2. The summed E-state index contributed by atoms with van der Waals surface area (Å²) >= 11 is 0. The summed E-state index contributed by atoms with van der Waals surface area (Å²) in [6, 6.07) is 8.14. The lowest BCUT2D eigenvalue weighted by molar-refractivity contribution is -0.315. The molecule has 3 N–H and O–H groups in total. The minimum Gasteiger partial charge on any atom is -0.400 e. The average molecular weight is 334 g/mol. The Morgan fingerprint density at radius 1 is 1.21 bits per heavy atom. The molecule has 1 aromatic carbocycles. The van der Waals surface area contributed by atoms with Gasteiger partial charge in [-0.25, -0.2) is 0 Å². The highest BCUT2D eigenvalue weighted by atomic mass is 16.7. The number of Topliss-reactive ketones (excluding diaryl/α,β-unsaturated/α-hetero) is 1. The lowest BCUT2D eigenvalue weighted by Crippen LogP contribution is -2.56. The summed E-state index contributed by atoms with van der Waals surface area (Å²) in [4.78, 5) is 18.2. The molecule has 2 fully saturated rings. The lowest BCUT2D eigenvalue weighted by atomic mass is 9.85. The standard InChI is InChI=1S/C17H22N2O3.CH4O/c1-17(14-7-2-3-8-15(14)18-16(17)21)22-19-11-5-4-6-12(19)10-13(20)9-11;1-2/h2-3,7-8,11-12,16,18,21H,4-6,9-10H2,1H3;2H,1H3. The van der Waals surface area contributed by atoms with Crippen molar-refractivity contribution in [3.05, 3.63) is 29.8 Å². The van der Waals surface area contributed by atoms with Crippen molar-refractivity contribution < 1.29 is 19.8 Å². The van der Waals surface area contributed by atoms with E-state index in [-0.39, 0.29) is 12.1 Å². The summed E-state index contributed by atoms with van der Waals surface area (Å²) in [6.45, 7) is 1.92. The SMILES string of the molecule is CC1(ON2C3CCCC2CC(=O)C3)c2ccccc2NC1O.CO. The van der Waals surface area contributed by atoms with Crippen LogP contribution in [0.1, 0.15) is 44.6 Å². The molecule has 3 aliphatic rings. The van der Waals surface area contributed by atoms with Gasteiger partial charge >= 0.3 is 0 Å². The highest BCUT2D eigenvalue weighted by molar-refractivity contribution is 5.80. The van der Waals surface area contributed by atoms with E-state index >= 15 is 0 Å². The largest absolute Gasteiger partial charge is 0.400 e. The molecule has 4 rings (SSSR count). The Kier molecular flexibility index (Phi) is 4.92. The number of hydroxylamine groups is 2. The van der Waals surface area contributed by atoms with Crippen LogP contribution < -0.4 is 5.32 Å². The van der Waals surface area contributed by atoms with Crippen molar-refractivity contribution in [2.75, 3.05) is 12.4 Å². The van der Waals surface area contributed by atoms with E-state index in [9.17, 15) is 9.90 Å². The van der Waals surface area contributed by atoms with Crippen LogP contribution in [-0.2, 0) is 15.2 Å². The fourth-order valence-electron chi connectivity index (χ4n) is 4.08. The van der Waals surface area contributed by atoms with Crippen LogP contribution in [0.5, 0.6) is 0 Å². The van der Waals surface area contributed by atoms with Gasteiger partial charge in [0.2, 0.25) is 0 Å². The van der Waals surface area contributed by atoms with Crippen LogP contribution in [-0.4, -0.2) is 46.5 Å². The summed E-state index contributed by atoms with van der Waals surface area (Å²) in [5, 5.41) is 22.6. The Labute approximate surface area is 142 Å². The molecule has 132 valence electrons. The molecule has 2 saturated heterocycles. The minimum atomic E-state index is -0.815. The molecule has 6 heteroatoms. The number of para-hydroxylation sites is 1. The van der Waals surface area contributed by atoms with Gasteiger partial charge in [-0.3, -0.25) is 9.63 Å². The number of piperidine rings is 2. The van der Waals surface area contributed by atoms with Crippen molar-refractivity contribution in [1.82, 2.24) is 5.06 Å². The molecule has 3 heterocycles. The highest BCUT2D eigenvalue weighted by Crippen LogP contribution is 2.44. The maximum Gasteiger partial charge on any atom is 0.160 e. The van der Waals surface area contributed by atoms with Crippen molar-refractivity contribution in [1.29, 1.82) is 0 Å². The molecular weight excluding hydrogens is 308 g/mol. The molecule has 1 aromatic rings. The molecule has 3 aliphatic heterocycles. The quantitative estimate of drug-likeness (QED) is 0.765. The van der Waals surface area contributed by atoms with Gasteiger partial charge in [-0.1, -0.05) is 24.6 Å². The van der Waals surface area contributed by atoms with Gasteiger partial charge in [0.15, 0.2) is 11.8 Å². The topological polar surface area (TPSA) is 82.0 Å². The molecule has 4 unspecified atom stereocenters. The van der Waals surface area contributed by atoms with E-state index in [1.165, 1.54) is 0 Å². The highest BCUT2D eigenvalue weighted by Gasteiger charge is 2.49. The zero-order chi connectivity index (χ0) is 17.3. The van der Waals surface area contributed by atoms with Crippen LogP contribution in [0.3, 0.4) is 0 Å². The van der Waals surface area contributed by atoms with E-state index in [4.69, 9.17) is 9.94 Å². The summed E-state index contributed by atoms with van der Waals surface area (Å²) in [7, 11) is 1.00. The van der Waals surface area contributed by atoms with E-state index in [0.29, 0.717) is 18.6 Å². The number of fused-ring (bicyclic) bond motifs is 3. The monoisotopic (exact) mass is 334 g/mol. The van der Waals surface area contributed by atoms with Crippen LogP contribution in [0.2, 0.25) is 0 Å². The first kappa shape index (κ1) is 17.4. The molecule has 0 saturated carbocycles. The number of carbonyl (C=O) groups excluding carboxylic acids is 1. The summed E-state index contributed by atoms with van der Waals surface area (Å²) in [6.07, 6.45) is 3.47. The van der Waals surface area contributed by atoms with E-state index in [1.807, 2.05) is 36.3 Å². The van der Waals surface area contributed by atoms with Crippen LogP contribution in [0.15, 0.2) is 24.3 Å². The van der Waals surface area contributed by atoms with Crippen molar-refractivity contribution in [2.24, 2.45) is 0 Å². The number of nitrogens with zero attached hydrogens (tertiary/aromatic N) is 1. The second-order valence-electron chi connectivity index (χ2n) is 6.84. The van der Waals surface area contributed by atoms with E-state index in [0.717, 1.165) is 37.6 Å². The number of carbonyl (C=O) groups is 1. The smallest absolute Gasteiger partial charge is 0.160 e. The van der Waals surface area contributed by atoms with Gasteiger partial charge in [0.1, 0.15) is 5.78 Å². The Bertz CT molecular complexity index is 592. The van der Waals surface area contributed by atoms with Crippen LogP contribution in [0.25, 0.3) is 0 Å².